The Balaban J connectivity index is 1.69. The number of carbonyl (C=O) groups is 1. The van der Waals surface area contributed by atoms with Gasteiger partial charge in [0.1, 0.15) is 11.5 Å². The molecule has 1 saturated heterocycles. The second-order valence-corrected chi connectivity index (χ2v) is 8.77. The van der Waals surface area contributed by atoms with Crippen LogP contribution >= 0.6 is 0 Å². The molecule has 1 N–H and O–H groups in total. The zero-order valence-corrected chi connectivity index (χ0v) is 17.4. The summed E-state index contributed by atoms with van der Waals surface area (Å²) in [4.78, 5) is 12.9. The van der Waals surface area contributed by atoms with Crippen LogP contribution in [-0.4, -0.2) is 45.4 Å². The number of anilines is 1. The quantitative estimate of drug-likeness (QED) is 0.747. The van der Waals surface area contributed by atoms with Crippen molar-refractivity contribution in [3.8, 4) is 11.5 Å². The van der Waals surface area contributed by atoms with E-state index in [1.807, 2.05) is 19.1 Å². The van der Waals surface area contributed by atoms with E-state index in [0.29, 0.717) is 43.2 Å². The largest absolute Gasteiger partial charge is 0.497 e. The molecule has 0 saturated carbocycles. The van der Waals surface area contributed by atoms with Crippen molar-refractivity contribution in [2.45, 2.75) is 24.7 Å². The Kier molecular flexibility index (Phi) is 6.76. The Hall–Kier alpha value is -2.58. The van der Waals surface area contributed by atoms with Crippen LogP contribution in [0.5, 0.6) is 11.5 Å². The first kappa shape index (κ1) is 21.1. The van der Waals surface area contributed by atoms with Crippen molar-refractivity contribution in [1.29, 1.82) is 0 Å². The molecule has 0 spiro atoms. The van der Waals surface area contributed by atoms with Gasteiger partial charge in [0, 0.05) is 24.8 Å². The number of benzene rings is 2. The molecular weight excluding hydrogens is 392 g/mol. The summed E-state index contributed by atoms with van der Waals surface area (Å²) in [5, 5.41) is 2.88. The van der Waals surface area contributed by atoms with Crippen LogP contribution in [0.1, 0.15) is 19.8 Å². The van der Waals surface area contributed by atoms with Crippen molar-refractivity contribution in [2.24, 2.45) is 5.92 Å². The normalized spacial score (nSPS) is 17.5. The van der Waals surface area contributed by atoms with E-state index >= 15 is 0 Å². The van der Waals surface area contributed by atoms with Crippen molar-refractivity contribution in [1.82, 2.24) is 4.31 Å². The Morgan fingerprint density at radius 1 is 1.17 bits per heavy atom. The number of nitrogens with one attached hydrogen (secondary N) is 1. The van der Waals surface area contributed by atoms with Gasteiger partial charge in [-0.1, -0.05) is 6.07 Å². The highest BCUT2D eigenvalue weighted by Gasteiger charge is 2.33. The molecular formula is C21H26N2O5S. The van der Waals surface area contributed by atoms with Gasteiger partial charge in [0.15, 0.2) is 0 Å². The number of hydrogen-bond acceptors (Lipinski definition) is 5. The second-order valence-electron chi connectivity index (χ2n) is 6.83. The highest BCUT2D eigenvalue weighted by atomic mass is 32.2. The maximum absolute atomic E-state index is 13.0. The lowest BCUT2D eigenvalue weighted by molar-refractivity contribution is -0.120. The zero-order chi connectivity index (χ0) is 20.9. The Morgan fingerprint density at radius 3 is 2.62 bits per heavy atom. The van der Waals surface area contributed by atoms with Crippen molar-refractivity contribution >= 4 is 21.6 Å². The molecule has 0 radical (unpaired) electrons. The van der Waals surface area contributed by atoms with Crippen molar-refractivity contribution in [3.63, 3.8) is 0 Å². The fourth-order valence-electron chi connectivity index (χ4n) is 3.35. The van der Waals surface area contributed by atoms with Crippen LogP contribution in [0.3, 0.4) is 0 Å². The molecule has 0 aromatic heterocycles. The van der Waals surface area contributed by atoms with Crippen LogP contribution in [-0.2, 0) is 14.8 Å². The number of carbonyl (C=O) groups excluding carboxylic acids is 1. The van der Waals surface area contributed by atoms with Gasteiger partial charge in [-0.25, -0.2) is 8.42 Å². The third-order valence-corrected chi connectivity index (χ3v) is 6.74. The maximum Gasteiger partial charge on any atom is 0.243 e. The van der Waals surface area contributed by atoms with Crippen LogP contribution in [0.4, 0.5) is 5.69 Å². The summed E-state index contributed by atoms with van der Waals surface area (Å²) >= 11 is 0. The lowest BCUT2D eigenvalue weighted by Crippen LogP contribution is -2.43. The molecule has 156 valence electrons. The van der Waals surface area contributed by atoms with Crippen LogP contribution in [0, 0.1) is 5.92 Å². The first-order valence-electron chi connectivity index (χ1n) is 9.62. The van der Waals surface area contributed by atoms with Crippen LogP contribution in [0.2, 0.25) is 0 Å². The minimum atomic E-state index is -3.66. The predicted molar refractivity (Wildman–Crippen MR) is 111 cm³/mol. The van der Waals surface area contributed by atoms with Crippen molar-refractivity contribution in [3.05, 3.63) is 48.5 Å². The maximum atomic E-state index is 13.0. The Labute approximate surface area is 171 Å². The Morgan fingerprint density at radius 2 is 1.93 bits per heavy atom. The summed E-state index contributed by atoms with van der Waals surface area (Å²) in [5.74, 6) is 0.674. The summed E-state index contributed by atoms with van der Waals surface area (Å²) < 4.78 is 37.9. The zero-order valence-electron chi connectivity index (χ0n) is 16.6. The SMILES string of the molecule is CCOc1cccc(NC(=O)[C@@H]2CCCN(S(=O)(=O)c3ccc(OC)cc3)C2)c1. The summed E-state index contributed by atoms with van der Waals surface area (Å²) in [6.45, 7) is 2.99. The number of nitrogens with zero attached hydrogens (tertiary/aromatic N) is 1. The molecule has 1 atom stereocenters. The number of piperidine rings is 1. The number of sulfonamides is 1. The van der Waals surface area contributed by atoms with E-state index in [-0.39, 0.29) is 17.3 Å². The van der Waals surface area contributed by atoms with E-state index in [1.165, 1.54) is 23.5 Å². The molecule has 1 aliphatic heterocycles. The van der Waals surface area contributed by atoms with E-state index < -0.39 is 15.9 Å². The summed E-state index contributed by atoms with van der Waals surface area (Å²) in [6.07, 6.45) is 1.28. The molecule has 1 aliphatic rings. The van der Waals surface area contributed by atoms with E-state index in [0.717, 1.165) is 0 Å². The second kappa shape index (κ2) is 9.28. The molecule has 0 unspecified atom stereocenters. The van der Waals surface area contributed by atoms with Crippen LogP contribution in [0.25, 0.3) is 0 Å². The fourth-order valence-corrected chi connectivity index (χ4v) is 4.87. The molecule has 7 nitrogen and oxygen atoms in total. The van der Waals surface area contributed by atoms with E-state index in [1.54, 1.807) is 24.3 Å². The average molecular weight is 419 g/mol. The first-order chi connectivity index (χ1) is 13.9. The molecule has 29 heavy (non-hydrogen) atoms. The third kappa shape index (κ3) is 5.07. The van der Waals surface area contributed by atoms with Crippen LogP contribution < -0.4 is 14.8 Å². The Bertz CT molecular complexity index is 944. The van der Waals surface area contributed by atoms with Gasteiger partial charge in [0.2, 0.25) is 15.9 Å². The summed E-state index contributed by atoms with van der Waals surface area (Å²) in [7, 11) is -2.13. The molecule has 2 aromatic rings. The molecule has 8 heteroatoms. The summed E-state index contributed by atoms with van der Waals surface area (Å²) in [6, 6.07) is 13.5. The minimum absolute atomic E-state index is 0.158. The minimum Gasteiger partial charge on any atom is -0.497 e. The monoisotopic (exact) mass is 418 g/mol. The molecule has 1 heterocycles. The lowest BCUT2D eigenvalue weighted by atomic mass is 9.98. The molecule has 2 aromatic carbocycles. The van der Waals surface area contributed by atoms with Gasteiger partial charge in [-0.3, -0.25) is 4.79 Å². The highest BCUT2D eigenvalue weighted by molar-refractivity contribution is 7.89. The fraction of sp³-hybridized carbons (Fsp3) is 0.381. The van der Waals surface area contributed by atoms with Gasteiger partial charge in [-0.2, -0.15) is 4.31 Å². The van der Waals surface area contributed by atoms with E-state index in [4.69, 9.17) is 9.47 Å². The molecule has 1 fully saturated rings. The smallest absolute Gasteiger partial charge is 0.243 e. The van der Waals surface area contributed by atoms with Crippen LogP contribution in [0.15, 0.2) is 53.4 Å². The van der Waals surface area contributed by atoms with Gasteiger partial charge in [0.25, 0.3) is 0 Å². The van der Waals surface area contributed by atoms with Gasteiger partial charge < -0.3 is 14.8 Å². The topological polar surface area (TPSA) is 84.9 Å². The molecule has 0 bridgehead atoms. The third-order valence-electron chi connectivity index (χ3n) is 4.86. The highest BCUT2D eigenvalue weighted by Crippen LogP contribution is 2.26. The van der Waals surface area contributed by atoms with Gasteiger partial charge in [0.05, 0.1) is 24.5 Å². The standard InChI is InChI=1S/C21H26N2O5S/c1-3-28-19-8-4-7-17(14-19)22-21(24)16-6-5-13-23(15-16)29(25,26)20-11-9-18(27-2)10-12-20/h4,7-12,14,16H,3,5-6,13,15H2,1-2H3,(H,22,24)/t16-/m1/s1. The van der Waals surface area contributed by atoms with Gasteiger partial charge >= 0.3 is 0 Å². The average Bonchev–Trinajstić information content (AvgIpc) is 2.74. The number of hydrogen-bond donors (Lipinski definition) is 1. The molecule has 0 aliphatic carbocycles. The number of amides is 1. The van der Waals surface area contributed by atoms with E-state index in [2.05, 4.69) is 5.32 Å². The molecule has 3 rings (SSSR count). The predicted octanol–water partition coefficient (Wildman–Crippen LogP) is 3.13. The van der Waals surface area contributed by atoms with E-state index in [9.17, 15) is 13.2 Å². The lowest BCUT2D eigenvalue weighted by Gasteiger charge is -2.31. The molecule has 1 amide bonds. The van der Waals surface area contributed by atoms with Crippen molar-refractivity contribution in [2.75, 3.05) is 32.1 Å². The van der Waals surface area contributed by atoms with Crippen molar-refractivity contribution < 1.29 is 22.7 Å². The number of ether oxygens (including phenoxy) is 2. The first-order valence-corrected chi connectivity index (χ1v) is 11.1. The number of rotatable bonds is 7. The van der Waals surface area contributed by atoms with Gasteiger partial charge in [-0.05, 0) is 56.2 Å². The van der Waals surface area contributed by atoms with Gasteiger partial charge in [-0.15, -0.1) is 0 Å². The summed E-state index contributed by atoms with van der Waals surface area (Å²) in [5.41, 5.74) is 0.635. The number of methoxy groups -OCH3 is 1.